The third kappa shape index (κ3) is 3.53. The summed E-state index contributed by atoms with van der Waals surface area (Å²) in [5.74, 6) is 0.140. The highest BCUT2D eigenvalue weighted by atomic mass is 19.1. The molecule has 0 radical (unpaired) electrons. The fourth-order valence-electron chi connectivity index (χ4n) is 1.88. The summed E-state index contributed by atoms with van der Waals surface area (Å²) in [6, 6.07) is 5.02. The Morgan fingerprint density at radius 1 is 1.44 bits per heavy atom. The molecule has 18 heavy (non-hydrogen) atoms. The van der Waals surface area contributed by atoms with E-state index in [2.05, 4.69) is 5.32 Å². The van der Waals surface area contributed by atoms with Crippen molar-refractivity contribution in [3.8, 4) is 0 Å². The van der Waals surface area contributed by atoms with Gasteiger partial charge in [-0.15, -0.1) is 0 Å². The molecule has 3 nitrogen and oxygen atoms in total. The molecule has 0 aromatic heterocycles. The second-order valence-corrected chi connectivity index (χ2v) is 5.16. The Morgan fingerprint density at radius 3 is 2.78 bits per heavy atom. The molecule has 1 saturated carbocycles. The van der Waals surface area contributed by atoms with Crippen molar-refractivity contribution >= 4 is 5.91 Å². The first-order chi connectivity index (χ1) is 8.56. The van der Waals surface area contributed by atoms with Gasteiger partial charge in [0.2, 0.25) is 5.91 Å². The van der Waals surface area contributed by atoms with E-state index in [1.807, 2.05) is 25.1 Å². The molecule has 98 valence electrons. The monoisotopic (exact) mass is 250 g/mol. The number of hydrogen-bond donors (Lipinski definition) is 1. The van der Waals surface area contributed by atoms with Crippen LogP contribution < -0.4 is 5.32 Å². The fourth-order valence-corrected chi connectivity index (χ4v) is 1.88. The highest BCUT2D eigenvalue weighted by Crippen LogP contribution is 2.28. The minimum absolute atomic E-state index is 0.119. The van der Waals surface area contributed by atoms with Crippen LogP contribution in [0.15, 0.2) is 18.2 Å². The Balaban J connectivity index is 1.97. The molecule has 0 saturated heterocycles. The van der Waals surface area contributed by atoms with Crippen LogP contribution in [0.25, 0.3) is 0 Å². The van der Waals surface area contributed by atoms with Crippen LogP contribution in [0.5, 0.6) is 0 Å². The second kappa shape index (κ2) is 5.48. The summed E-state index contributed by atoms with van der Waals surface area (Å²) in [6.07, 6.45) is 2.00. The largest absolute Gasteiger partial charge is 0.352 e. The van der Waals surface area contributed by atoms with E-state index < -0.39 is 0 Å². The average molecular weight is 250 g/mol. The standard InChI is InChI=1S/C14H19FN2O/c1-17(2)9-12-7-10(3-6-13(12)15)8-16-14(18)11-4-5-11/h3,6-7,11H,4-5,8-9H2,1-2H3,(H,16,18). The van der Waals surface area contributed by atoms with Gasteiger partial charge in [-0.1, -0.05) is 6.07 Å². The van der Waals surface area contributed by atoms with E-state index in [0.29, 0.717) is 18.7 Å². The van der Waals surface area contributed by atoms with Gasteiger partial charge in [0, 0.05) is 24.6 Å². The molecule has 0 aliphatic heterocycles. The highest BCUT2D eigenvalue weighted by Gasteiger charge is 2.29. The van der Waals surface area contributed by atoms with Crippen LogP contribution in [0.3, 0.4) is 0 Å². The molecule has 1 N–H and O–H groups in total. The summed E-state index contributed by atoms with van der Waals surface area (Å²) in [6.45, 7) is 1.05. The summed E-state index contributed by atoms with van der Waals surface area (Å²) >= 11 is 0. The van der Waals surface area contributed by atoms with Gasteiger partial charge < -0.3 is 10.2 Å². The minimum atomic E-state index is -0.194. The highest BCUT2D eigenvalue weighted by molar-refractivity contribution is 5.80. The molecule has 1 aliphatic carbocycles. The van der Waals surface area contributed by atoms with Crippen molar-refractivity contribution in [2.75, 3.05) is 14.1 Å². The van der Waals surface area contributed by atoms with Crippen LogP contribution in [-0.4, -0.2) is 24.9 Å². The molecule has 0 atom stereocenters. The Labute approximate surface area is 107 Å². The number of nitrogens with one attached hydrogen (secondary N) is 1. The van der Waals surface area contributed by atoms with Crippen molar-refractivity contribution in [2.45, 2.75) is 25.9 Å². The normalized spacial score (nSPS) is 14.9. The predicted octanol–water partition coefficient (Wildman–Crippen LogP) is 1.91. The SMILES string of the molecule is CN(C)Cc1cc(CNC(=O)C2CC2)ccc1F. The quantitative estimate of drug-likeness (QED) is 0.866. The lowest BCUT2D eigenvalue weighted by Gasteiger charge is -2.12. The second-order valence-electron chi connectivity index (χ2n) is 5.16. The number of rotatable bonds is 5. The number of benzene rings is 1. The predicted molar refractivity (Wildman–Crippen MR) is 68.4 cm³/mol. The average Bonchev–Trinajstić information content (AvgIpc) is 3.13. The van der Waals surface area contributed by atoms with Gasteiger partial charge in [0.05, 0.1) is 0 Å². The van der Waals surface area contributed by atoms with Crippen molar-refractivity contribution in [1.29, 1.82) is 0 Å². The van der Waals surface area contributed by atoms with E-state index in [9.17, 15) is 9.18 Å². The molecule has 1 amide bonds. The van der Waals surface area contributed by atoms with Gasteiger partial charge >= 0.3 is 0 Å². The van der Waals surface area contributed by atoms with E-state index in [1.165, 1.54) is 6.07 Å². The van der Waals surface area contributed by atoms with Crippen molar-refractivity contribution in [1.82, 2.24) is 10.2 Å². The summed E-state index contributed by atoms with van der Waals surface area (Å²) in [5.41, 5.74) is 1.61. The molecule has 0 spiro atoms. The van der Waals surface area contributed by atoms with Gasteiger partial charge in [0.25, 0.3) is 0 Å². The van der Waals surface area contributed by atoms with E-state index in [1.54, 1.807) is 6.07 Å². The molecule has 0 heterocycles. The van der Waals surface area contributed by atoms with E-state index in [4.69, 9.17) is 0 Å². The Morgan fingerprint density at radius 2 is 2.17 bits per heavy atom. The minimum Gasteiger partial charge on any atom is -0.352 e. The van der Waals surface area contributed by atoms with Gasteiger partial charge in [-0.2, -0.15) is 0 Å². The molecule has 1 aliphatic rings. The Hall–Kier alpha value is -1.42. The number of carbonyl (C=O) groups excluding carboxylic acids is 1. The maximum Gasteiger partial charge on any atom is 0.223 e. The molecule has 0 bridgehead atoms. The van der Waals surface area contributed by atoms with Crippen LogP contribution in [-0.2, 0) is 17.9 Å². The van der Waals surface area contributed by atoms with Gasteiger partial charge in [-0.05, 0) is 44.6 Å². The van der Waals surface area contributed by atoms with Gasteiger partial charge in [0.15, 0.2) is 0 Å². The van der Waals surface area contributed by atoms with Crippen molar-refractivity contribution in [3.63, 3.8) is 0 Å². The lowest BCUT2D eigenvalue weighted by Crippen LogP contribution is -2.24. The Bertz CT molecular complexity index is 441. The number of halogens is 1. The maximum atomic E-state index is 13.6. The molecule has 0 unspecified atom stereocenters. The first kappa shape index (κ1) is 13.0. The molecular weight excluding hydrogens is 231 g/mol. The van der Waals surface area contributed by atoms with Crippen LogP contribution in [0.2, 0.25) is 0 Å². The number of carbonyl (C=O) groups is 1. The van der Waals surface area contributed by atoms with E-state index in [-0.39, 0.29) is 17.6 Å². The molecule has 4 heteroatoms. The zero-order valence-corrected chi connectivity index (χ0v) is 10.9. The zero-order valence-electron chi connectivity index (χ0n) is 10.9. The number of nitrogens with zero attached hydrogens (tertiary/aromatic N) is 1. The van der Waals surface area contributed by atoms with Gasteiger partial charge in [-0.3, -0.25) is 4.79 Å². The molecule has 1 aromatic rings. The first-order valence-electron chi connectivity index (χ1n) is 6.26. The topological polar surface area (TPSA) is 32.3 Å². The third-order valence-corrected chi connectivity index (χ3v) is 3.01. The smallest absolute Gasteiger partial charge is 0.223 e. The van der Waals surface area contributed by atoms with Crippen LogP contribution in [0, 0.1) is 11.7 Å². The third-order valence-electron chi connectivity index (χ3n) is 3.01. The maximum absolute atomic E-state index is 13.6. The summed E-state index contributed by atoms with van der Waals surface area (Å²) in [7, 11) is 3.81. The van der Waals surface area contributed by atoms with Crippen LogP contribution in [0.4, 0.5) is 4.39 Å². The van der Waals surface area contributed by atoms with Crippen molar-refractivity contribution < 1.29 is 9.18 Å². The molecule has 1 aromatic carbocycles. The zero-order chi connectivity index (χ0) is 13.1. The van der Waals surface area contributed by atoms with E-state index >= 15 is 0 Å². The van der Waals surface area contributed by atoms with Gasteiger partial charge in [-0.25, -0.2) is 4.39 Å². The van der Waals surface area contributed by atoms with E-state index in [0.717, 1.165) is 18.4 Å². The Kier molecular flexibility index (Phi) is 3.97. The number of amides is 1. The fraction of sp³-hybridized carbons (Fsp3) is 0.500. The van der Waals surface area contributed by atoms with Gasteiger partial charge in [0.1, 0.15) is 5.82 Å². The summed E-state index contributed by atoms with van der Waals surface area (Å²) < 4.78 is 13.6. The van der Waals surface area contributed by atoms with Crippen LogP contribution in [0.1, 0.15) is 24.0 Å². The molecule has 1 fully saturated rings. The summed E-state index contributed by atoms with van der Waals surface area (Å²) in [5, 5.41) is 2.89. The summed E-state index contributed by atoms with van der Waals surface area (Å²) in [4.78, 5) is 13.4. The lowest BCUT2D eigenvalue weighted by atomic mass is 10.1. The molecule has 2 rings (SSSR count). The van der Waals surface area contributed by atoms with Crippen molar-refractivity contribution in [2.24, 2.45) is 5.92 Å². The molecular formula is C14H19FN2O. The number of hydrogen-bond acceptors (Lipinski definition) is 2. The van der Waals surface area contributed by atoms with Crippen molar-refractivity contribution in [3.05, 3.63) is 35.1 Å². The lowest BCUT2D eigenvalue weighted by molar-refractivity contribution is -0.122. The first-order valence-corrected chi connectivity index (χ1v) is 6.26. The van der Waals surface area contributed by atoms with Crippen LogP contribution >= 0.6 is 0 Å².